The molecule has 1 aromatic rings. The van der Waals surface area contributed by atoms with Crippen molar-refractivity contribution in [2.45, 2.75) is 43.8 Å². The van der Waals surface area contributed by atoms with Crippen molar-refractivity contribution in [3.8, 4) is 0 Å². The van der Waals surface area contributed by atoms with E-state index in [0.29, 0.717) is 11.2 Å². The molecule has 2 rings (SSSR count). The molecule has 0 aromatic carbocycles. The number of nitrogens with zero attached hydrogens (tertiary/aromatic N) is 3. The lowest BCUT2D eigenvalue weighted by Crippen LogP contribution is -2.22. The highest BCUT2D eigenvalue weighted by molar-refractivity contribution is 7.99. The summed E-state index contributed by atoms with van der Waals surface area (Å²) in [6, 6.07) is 0.317. The second kappa shape index (κ2) is 6.38. The molecule has 0 aliphatic carbocycles. The SMILES string of the molecule is CC(C)c1nnc(SCC(=O)O)n1C1CCOCC1. The van der Waals surface area contributed by atoms with Crippen molar-refractivity contribution >= 4 is 17.7 Å². The van der Waals surface area contributed by atoms with Gasteiger partial charge < -0.3 is 14.4 Å². The molecule has 1 saturated heterocycles. The zero-order valence-electron chi connectivity index (χ0n) is 11.2. The highest BCUT2D eigenvalue weighted by atomic mass is 32.2. The van der Waals surface area contributed by atoms with E-state index in [1.165, 1.54) is 11.8 Å². The van der Waals surface area contributed by atoms with Crippen LogP contribution in [0.1, 0.15) is 44.5 Å². The Bertz CT molecular complexity index is 441. The molecule has 1 fully saturated rings. The van der Waals surface area contributed by atoms with E-state index in [-0.39, 0.29) is 11.7 Å². The first-order chi connectivity index (χ1) is 9.09. The topological polar surface area (TPSA) is 77.2 Å². The number of aliphatic carboxylic acids is 1. The maximum Gasteiger partial charge on any atom is 0.313 e. The normalized spacial score (nSPS) is 17.0. The lowest BCUT2D eigenvalue weighted by atomic mass is 10.1. The van der Waals surface area contributed by atoms with Crippen molar-refractivity contribution < 1.29 is 14.6 Å². The summed E-state index contributed by atoms with van der Waals surface area (Å²) in [7, 11) is 0. The third-order valence-corrected chi connectivity index (χ3v) is 4.02. The third-order valence-electron chi connectivity index (χ3n) is 3.09. The Morgan fingerprint density at radius 2 is 2.16 bits per heavy atom. The van der Waals surface area contributed by atoms with Crippen LogP contribution in [0.5, 0.6) is 0 Å². The Hall–Kier alpha value is -1.08. The number of carboxylic acid groups (broad SMARTS) is 1. The predicted molar refractivity (Wildman–Crippen MR) is 71.6 cm³/mol. The number of ether oxygens (including phenoxy) is 1. The summed E-state index contributed by atoms with van der Waals surface area (Å²) in [5.74, 6) is 0.381. The highest BCUT2D eigenvalue weighted by Crippen LogP contribution is 2.30. The van der Waals surface area contributed by atoms with Crippen LogP contribution in [-0.4, -0.2) is 44.8 Å². The zero-order valence-corrected chi connectivity index (χ0v) is 12.0. The van der Waals surface area contributed by atoms with E-state index in [4.69, 9.17) is 9.84 Å². The van der Waals surface area contributed by atoms with E-state index < -0.39 is 5.97 Å². The second-order valence-corrected chi connectivity index (χ2v) is 5.83. The van der Waals surface area contributed by atoms with Crippen molar-refractivity contribution in [2.24, 2.45) is 0 Å². The van der Waals surface area contributed by atoms with Crippen LogP contribution in [0.25, 0.3) is 0 Å². The zero-order chi connectivity index (χ0) is 13.8. The molecular weight excluding hydrogens is 266 g/mol. The Kier molecular flexibility index (Phi) is 4.81. The summed E-state index contributed by atoms with van der Waals surface area (Å²) < 4.78 is 7.49. The summed E-state index contributed by atoms with van der Waals surface area (Å²) in [6.45, 7) is 5.63. The maximum absolute atomic E-state index is 10.7. The summed E-state index contributed by atoms with van der Waals surface area (Å²) >= 11 is 1.24. The number of hydrogen-bond donors (Lipinski definition) is 1. The molecule has 0 bridgehead atoms. The summed E-state index contributed by atoms with van der Waals surface area (Å²) in [4.78, 5) is 10.7. The van der Waals surface area contributed by atoms with Gasteiger partial charge >= 0.3 is 5.97 Å². The van der Waals surface area contributed by atoms with Crippen LogP contribution in [0, 0.1) is 0 Å². The second-order valence-electron chi connectivity index (χ2n) is 4.89. The minimum atomic E-state index is -0.836. The third kappa shape index (κ3) is 3.48. The molecule has 1 N–H and O–H groups in total. The van der Waals surface area contributed by atoms with E-state index >= 15 is 0 Å². The smallest absolute Gasteiger partial charge is 0.313 e. The Morgan fingerprint density at radius 1 is 1.47 bits per heavy atom. The van der Waals surface area contributed by atoms with Gasteiger partial charge in [0.25, 0.3) is 0 Å². The number of carbonyl (C=O) groups is 1. The van der Waals surface area contributed by atoms with Crippen molar-refractivity contribution in [1.82, 2.24) is 14.8 Å². The number of rotatable bonds is 5. The van der Waals surface area contributed by atoms with Crippen LogP contribution in [0.15, 0.2) is 5.16 Å². The minimum absolute atomic E-state index is 0.0133. The summed E-state index contributed by atoms with van der Waals surface area (Å²) in [6.07, 6.45) is 1.86. The van der Waals surface area contributed by atoms with Crippen LogP contribution >= 0.6 is 11.8 Å². The van der Waals surface area contributed by atoms with Gasteiger partial charge in [-0.1, -0.05) is 25.6 Å². The Balaban J connectivity index is 2.24. The first-order valence-corrected chi connectivity index (χ1v) is 7.45. The van der Waals surface area contributed by atoms with Gasteiger partial charge in [-0.05, 0) is 12.8 Å². The predicted octanol–water partition coefficient (Wildman–Crippen LogP) is 1.93. The average Bonchev–Trinajstić information content (AvgIpc) is 2.81. The minimum Gasteiger partial charge on any atom is -0.481 e. The van der Waals surface area contributed by atoms with Gasteiger partial charge in [0.2, 0.25) is 0 Å². The fraction of sp³-hybridized carbons (Fsp3) is 0.750. The van der Waals surface area contributed by atoms with Gasteiger partial charge in [0.15, 0.2) is 5.16 Å². The van der Waals surface area contributed by atoms with Crippen molar-refractivity contribution in [1.29, 1.82) is 0 Å². The van der Waals surface area contributed by atoms with Gasteiger partial charge in [0, 0.05) is 25.2 Å². The van der Waals surface area contributed by atoms with E-state index in [0.717, 1.165) is 31.9 Å². The quantitative estimate of drug-likeness (QED) is 0.833. The molecule has 106 valence electrons. The Morgan fingerprint density at radius 3 is 2.74 bits per heavy atom. The van der Waals surface area contributed by atoms with Crippen LogP contribution in [0.2, 0.25) is 0 Å². The molecule has 0 amide bonds. The molecule has 19 heavy (non-hydrogen) atoms. The monoisotopic (exact) mass is 285 g/mol. The van der Waals surface area contributed by atoms with Crippen LogP contribution in [-0.2, 0) is 9.53 Å². The molecule has 1 aromatic heterocycles. The lowest BCUT2D eigenvalue weighted by Gasteiger charge is -2.26. The molecule has 0 saturated carbocycles. The summed E-state index contributed by atoms with van der Waals surface area (Å²) in [5.41, 5.74) is 0. The van der Waals surface area contributed by atoms with Crippen molar-refractivity contribution in [2.75, 3.05) is 19.0 Å². The van der Waals surface area contributed by atoms with Gasteiger partial charge in [-0.15, -0.1) is 10.2 Å². The molecule has 1 aliphatic rings. The van der Waals surface area contributed by atoms with Crippen molar-refractivity contribution in [3.63, 3.8) is 0 Å². The molecule has 0 unspecified atom stereocenters. The Labute approximate surface area is 116 Å². The van der Waals surface area contributed by atoms with Gasteiger partial charge in [0.05, 0.1) is 5.75 Å². The van der Waals surface area contributed by atoms with E-state index in [9.17, 15) is 4.79 Å². The fourth-order valence-corrected chi connectivity index (χ4v) is 2.93. The van der Waals surface area contributed by atoms with Gasteiger partial charge in [-0.3, -0.25) is 4.79 Å². The highest BCUT2D eigenvalue weighted by Gasteiger charge is 2.24. The summed E-state index contributed by atoms with van der Waals surface area (Å²) in [5, 5.41) is 17.9. The largest absolute Gasteiger partial charge is 0.481 e. The molecule has 2 heterocycles. The lowest BCUT2D eigenvalue weighted by molar-refractivity contribution is -0.133. The van der Waals surface area contributed by atoms with Crippen LogP contribution < -0.4 is 0 Å². The molecular formula is C12H19N3O3S. The van der Waals surface area contributed by atoms with Gasteiger partial charge in [-0.25, -0.2) is 0 Å². The molecule has 1 aliphatic heterocycles. The van der Waals surface area contributed by atoms with Gasteiger partial charge in [0.1, 0.15) is 5.82 Å². The van der Waals surface area contributed by atoms with Crippen LogP contribution in [0.4, 0.5) is 0 Å². The van der Waals surface area contributed by atoms with E-state index in [2.05, 4.69) is 28.6 Å². The maximum atomic E-state index is 10.7. The van der Waals surface area contributed by atoms with Gasteiger partial charge in [-0.2, -0.15) is 0 Å². The van der Waals surface area contributed by atoms with E-state index in [1.807, 2.05) is 0 Å². The number of thioether (sulfide) groups is 1. The van der Waals surface area contributed by atoms with E-state index in [1.54, 1.807) is 0 Å². The first kappa shape index (κ1) is 14.3. The van der Waals surface area contributed by atoms with Crippen LogP contribution in [0.3, 0.4) is 0 Å². The molecule has 0 radical (unpaired) electrons. The fourth-order valence-electron chi connectivity index (χ4n) is 2.19. The van der Waals surface area contributed by atoms with Crippen molar-refractivity contribution in [3.05, 3.63) is 5.82 Å². The molecule has 6 nitrogen and oxygen atoms in total. The first-order valence-electron chi connectivity index (χ1n) is 6.46. The molecule has 0 atom stereocenters. The number of carboxylic acids is 1. The molecule has 0 spiro atoms. The number of aromatic nitrogens is 3. The average molecular weight is 285 g/mol. The molecule has 7 heteroatoms. The standard InChI is InChI=1S/C12H19N3O3S/c1-8(2)11-13-14-12(19-7-10(16)17)15(11)9-3-5-18-6-4-9/h8-9H,3-7H2,1-2H3,(H,16,17). The number of hydrogen-bond acceptors (Lipinski definition) is 5.